The number of rotatable bonds is 5. The molecule has 5 radical (unpaired) electrons. The van der Waals surface area contributed by atoms with Gasteiger partial charge in [0, 0.05) is 23.6 Å². The first-order valence-corrected chi connectivity index (χ1v) is 7.56. The largest absolute Gasteiger partial charge is 0.508 e. The molecule has 1 unspecified atom stereocenters. The van der Waals surface area contributed by atoms with Crippen LogP contribution in [0.4, 0.5) is 0 Å². The first kappa shape index (κ1) is 15.1. The molecule has 1 aliphatic rings. The average Bonchev–Trinajstić information content (AvgIpc) is 3.08. The molecule has 2 aromatic rings. The average molecular weight is 290 g/mol. The minimum Gasteiger partial charge on any atom is -0.508 e. The maximum absolute atomic E-state index is 10.2. The summed E-state index contributed by atoms with van der Waals surface area (Å²) in [5, 5.41) is 13.9. The molecule has 22 heavy (non-hydrogen) atoms. The van der Waals surface area contributed by atoms with Gasteiger partial charge in [-0.05, 0) is 44.2 Å². The van der Waals surface area contributed by atoms with Gasteiger partial charge in [-0.3, -0.25) is 0 Å². The molecule has 0 heterocycles. The molecule has 1 saturated carbocycles. The summed E-state index contributed by atoms with van der Waals surface area (Å²) in [5.74, 6) is 1.48. The predicted molar refractivity (Wildman–Crippen MR) is 89.3 cm³/mol. The quantitative estimate of drug-likeness (QED) is 0.865. The Hall–Kier alpha value is -1.80. The lowest BCUT2D eigenvalue weighted by Crippen LogP contribution is -2.29. The van der Waals surface area contributed by atoms with Crippen molar-refractivity contribution in [3.63, 3.8) is 0 Å². The predicted octanol–water partition coefficient (Wildman–Crippen LogP) is 4.19. The van der Waals surface area contributed by atoms with E-state index < -0.39 is 0 Å². The van der Waals surface area contributed by atoms with Crippen LogP contribution >= 0.6 is 0 Å². The number of para-hydroxylation sites is 1. The number of hydrogen-bond donors (Lipinski definition) is 2. The van der Waals surface area contributed by atoms with Crippen LogP contribution < -0.4 is 5.32 Å². The van der Waals surface area contributed by atoms with Gasteiger partial charge in [0.05, 0.1) is 0 Å². The minimum atomic E-state index is -0.0357. The Balaban J connectivity index is 1.84. The lowest BCUT2D eigenvalue weighted by atomic mass is 9.90. The van der Waals surface area contributed by atoms with Crippen LogP contribution in [0.2, 0.25) is 0 Å². The van der Waals surface area contributed by atoms with E-state index in [4.69, 9.17) is 0 Å². The molecular formula is C20H20NO. The smallest absolute Gasteiger partial charge is 0.120 e. The second-order valence-corrected chi connectivity index (χ2v) is 5.51. The molecule has 0 saturated heterocycles. The third kappa shape index (κ3) is 3.33. The first-order valence-electron chi connectivity index (χ1n) is 7.56. The second-order valence-electron chi connectivity index (χ2n) is 5.51. The highest BCUT2D eigenvalue weighted by Gasteiger charge is 2.30. The third-order valence-electron chi connectivity index (χ3n) is 3.99. The summed E-state index contributed by atoms with van der Waals surface area (Å²) in [6.45, 7) is 2.14. The van der Waals surface area contributed by atoms with Gasteiger partial charge in [0.25, 0.3) is 0 Å². The molecule has 3 rings (SSSR count). The van der Waals surface area contributed by atoms with Crippen LogP contribution in [0.1, 0.15) is 30.1 Å². The van der Waals surface area contributed by atoms with E-state index in [-0.39, 0.29) is 12.1 Å². The maximum atomic E-state index is 10.2. The van der Waals surface area contributed by atoms with Crippen LogP contribution in [0, 0.1) is 31.6 Å². The van der Waals surface area contributed by atoms with Gasteiger partial charge in [0.1, 0.15) is 5.75 Å². The Bertz CT molecular complexity index is 590. The van der Waals surface area contributed by atoms with Crippen molar-refractivity contribution in [2.24, 2.45) is 0 Å². The van der Waals surface area contributed by atoms with Crippen LogP contribution in [-0.4, -0.2) is 5.11 Å². The zero-order valence-corrected chi connectivity index (χ0v) is 12.6. The summed E-state index contributed by atoms with van der Waals surface area (Å²) >= 11 is 0. The molecule has 2 heteroatoms. The number of nitrogens with one attached hydrogen (secondary N) is 1. The highest BCUT2D eigenvalue weighted by Crippen LogP contribution is 2.39. The Morgan fingerprint density at radius 2 is 1.50 bits per heavy atom. The minimum absolute atomic E-state index is 0.0357. The van der Waals surface area contributed by atoms with Crippen molar-refractivity contribution in [3.8, 4) is 5.75 Å². The summed E-state index contributed by atoms with van der Waals surface area (Å²) in [6, 6.07) is 18.0. The second kappa shape index (κ2) is 6.97. The molecule has 2 atom stereocenters. The van der Waals surface area contributed by atoms with Crippen LogP contribution in [0.15, 0.2) is 54.6 Å². The fourth-order valence-electron chi connectivity index (χ4n) is 2.77. The summed E-state index contributed by atoms with van der Waals surface area (Å²) in [6.07, 6.45) is 8.22. The molecule has 0 aromatic heterocycles. The normalized spacial score (nSPS) is 18.2. The van der Waals surface area contributed by atoms with Crippen molar-refractivity contribution in [1.82, 2.24) is 5.32 Å². The molecule has 0 aliphatic heterocycles. The van der Waals surface area contributed by atoms with Gasteiger partial charge in [-0.25, -0.2) is 0 Å². The van der Waals surface area contributed by atoms with Gasteiger partial charge in [0.2, 0.25) is 0 Å². The summed E-state index contributed by atoms with van der Waals surface area (Å²) in [4.78, 5) is 0. The molecule has 0 amide bonds. The number of hydrogen-bond acceptors (Lipinski definition) is 2. The number of phenols is 1. The van der Waals surface area contributed by atoms with E-state index in [0.717, 1.165) is 11.5 Å². The van der Waals surface area contributed by atoms with Crippen LogP contribution in [-0.2, 0) is 0 Å². The van der Waals surface area contributed by atoms with Gasteiger partial charge in [-0.2, -0.15) is 0 Å². The van der Waals surface area contributed by atoms with Crippen LogP contribution in [0.5, 0.6) is 5.75 Å². The number of benzene rings is 2. The molecule has 0 bridgehead atoms. The number of aromatic hydroxyl groups is 1. The van der Waals surface area contributed by atoms with Gasteiger partial charge in [0.15, 0.2) is 0 Å². The molecule has 1 aliphatic carbocycles. The van der Waals surface area contributed by atoms with Gasteiger partial charge >= 0.3 is 0 Å². The van der Waals surface area contributed by atoms with Gasteiger partial charge in [-0.15, -0.1) is 0 Å². The third-order valence-corrected chi connectivity index (χ3v) is 3.99. The highest BCUT2D eigenvalue weighted by atomic mass is 16.3. The fourth-order valence-corrected chi connectivity index (χ4v) is 2.77. The van der Waals surface area contributed by atoms with E-state index in [1.54, 1.807) is 6.07 Å². The van der Waals surface area contributed by atoms with E-state index in [1.807, 2.05) is 49.2 Å². The maximum Gasteiger partial charge on any atom is 0.120 e. The van der Waals surface area contributed by atoms with Crippen molar-refractivity contribution in [2.45, 2.75) is 19.0 Å². The Kier molecular flexibility index (Phi) is 4.79. The van der Waals surface area contributed by atoms with E-state index in [0.29, 0.717) is 5.75 Å². The lowest BCUT2D eigenvalue weighted by Gasteiger charge is -2.29. The molecule has 2 N–H and O–H groups in total. The Morgan fingerprint density at radius 1 is 0.864 bits per heavy atom. The van der Waals surface area contributed by atoms with Crippen LogP contribution in [0.3, 0.4) is 0 Å². The van der Waals surface area contributed by atoms with E-state index >= 15 is 0 Å². The van der Waals surface area contributed by atoms with Gasteiger partial charge in [-0.1, -0.05) is 48.5 Å². The highest BCUT2D eigenvalue weighted by molar-refractivity contribution is 5.46. The monoisotopic (exact) mass is 290 g/mol. The Labute approximate surface area is 133 Å². The zero-order chi connectivity index (χ0) is 15.4. The van der Waals surface area contributed by atoms with Crippen molar-refractivity contribution in [2.75, 3.05) is 0 Å². The zero-order valence-electron chi connectivity index (χ0n) is 12.6. The Morgan fingerprint density at radius 3 is 2.18 bits per heavy atom. The summed E-state index contributed by atoms with van der Waals surface area (Å²) < 4.78 is 0. The first-order chi connectivity index (χ1) is 10.8. The number of phenolic OH excluding ortho intramolecular Hbond substituents is 1. The van der Waals surface area contributed by atoms with E-state index in [9.17, 15) is 5.11 Å². The SMILES string of the molecule is C[C@H](NC([C]1[CH][CH][CH][CH]1)c1ccccc1O)c1ccccc1. The molecule has 111 valence electrons. The van der Waals surface area contributed by atoms with Crippen molar-refractivity contribution < 1.29 is 5.11 Å². The lowest BCUT2D eigenvalue weighted by molar-refractivity contribution is 0.437. The van der Waals surface area contributed by atoms with E-state index in [1.165, 1.54) is 5.56 Å². The summed E-state index contributed by atoms with van der Waals surface area (Å²) in [5.41, 5.74) is 2.13. The molecular weight excluding hydrogens is 270 g/mol. The van der Waals surface area contributed by atoms with Crippen molar-refractivity contribution >= 4 is 0 Å². The molecule has 0 spiro atoms. The topological polar surface area (TPSA) is 32.3 Å². The standard InChI is InChI=1S/C20H20NO/c1-15(16-9-3-2-4-10-16)21-20(17-11-5-6-12-17)18-13-7-8-14-19(18)22/h2-15,20-22H,1H3/t15-,20?/m0/s1. The summed E-state index contributed by atoms with van der Waals surface area (Å²) in [7, 11) is 0. The van der Waals surface area contributed by atoms with E-state index in [2.05, 4.69) is 37.2 Å². The van der Waals surface area contributed by atoms with Crippen molar-refractivity contribution in [1.29, 1.82) is 0 Å². The van der Waals surface area contributed by atoms with Crippen LogP contribution in [0.25, 0.3) is 0 Å². The molecule has 1 fully saturated rings. The van der Waals surface area contributed by atoms with Crippen molar-refractivity contribution in [3.05, 3.63) is 97.3 Å². The molecule has 2 aromatic carbocycles. The van der Waals surface area contributed by atoms with Gasteiger partial charge < -0.3 is 10.4 Å². The fraction of sp³-hybridized carbons (Fsp3) is 0.150. The molecule has 2 nitrogen and oxygen atoms in total.